The van der Waals surface area contributed by atoms with Crippen LogP contribution in [0.5, 0.6) is 0 Å². The Kier molecular flexibility index (Phi) is 7.28. The SMILES string of the molecule is CCOC(=O)CC(C)NCC(C)N1CCCCC1. The molecule has 1 rings (SSSR count). The van der Waals surface area contributed by atoms with E-state index in [0.717, 1.165) is 6.54 Å². The van der Waals surface area contributed by atoms with Crippen molar-refractivity contribution in [3.63, 3.8) is 0 Å². The minimum absolute atomic E-state index is 0.108. The fourth-order valence-electron chi connectivity index (χ4n) is 2.40. The molecule has 1 heterocycles. The Hall–Kier alpha value is -0.610. The van der Waals surface area contributed by atoms with Gasteiger partial charge in [0, 0.05) is 18.6 Å². The van der Waals surface area contributed by atoms with Crippen LogP contribution < -0.4 is 5.32 Å². The first-order chi connectivity index (χ1) is 8.63. The highest BCUT2D eigenvalue weighted by molar-refractivity contribution is 5.69. The summed E-state index contributed by atoms with van der Waals surface area (Å²) in [5.41, 5.74) is 0. The first-order valence-corrected chi connectivity index (χ1v) is 7.26. The van der Waals surface area contributed by atoms with Crippen molar-refractivity contribution in [2.24, 2.45) is 0 Å². The van der Waals surface area contributed by atoms with Gasteiger partial charge in [-0.2, -0.15) is 0 Å². The summed E-state index contributed by atoms with van der Waals surface area (Å²) < 4.78 is 4.95. The molecule has 1 aliphatic heterocycles. The van der Waals surface area contributed by atoms with E-state index in [9.17, 15) is 4.79 Å². The Bertz CT molecular complexity index is 240. The fraction of sp³-hybridized carbons (Fsp3) is 0.929. The molecule has 0 bridgehead atoms. The largest absolute Gasteiger partial charge is 0.466 e. The molecular weight excluding hydrogens is 228 g/mol. The van der Waals surface area contributed by atoms with Crippen LogP contribution in [0, 0.1) is 0 Å². The number of hydrogen-bond donors (Lipinski definition) is 1. The number of rotatable bonds is 7. The van der Waals surface area contributed by atoms with Crippen molar-refractivity contribution >= 4 is 5.97 Å². The van der Waals surface area contributed by atoms with Crippen LogP contribution in [0.3, 0.4) is 0 Å². The molecule has 4 nitrogen and oxygen atoms in total. The summed E-state index contributed by atoms with van der Waals surface area (Å²) in [6, 6.07) is 0.742. The van der Waals surface area contributed by atoms with Crippen LogP contribution in [0.4, 0.5) is 0 Å². The number of hydrogen-bond acceptors (Lipinski definition) is 4. The van der Waals surface area contributed by atoms with Gasteiger partial charge in [0.05, 0.1) is 13.0 Å². The molecule has 0 aromatic heterocycles. The van der Waals surface area contributed by atoms with Crippen LogP contribution in [0.15, 0.2) is 0 Å². The van der Waals surface area contributed by atoms with E-state index in [0.29, 0.717) is 19.1 Å². The molecule has 0 spiro atoms. The standard InChI is InChI=1S/C14H28N2O2/c1-4-18-14(17)10-12(2)15-11-13(3)16-8-6-5-7-9-16/h12-13,15H,4-11H2,1-3H3. The molecule has 0 aliphatic carbocycles. The lowest BCUT2D eigenvalue weighted by Gasteiger charge is -2.33. The summed E-state index contributed by atoms with van der Waals surface area (Å²) in [5.74, 6) is -0.108. The van der Waals surface area contributed by atoms with Crippen LogP contribution in [0.1, 0.15) is 46.5 Å². The molecule has 1 fully saturated rings. The third-order valence-corrected chi connectivity index (χ3v) is 3.55. The quantitative estimate of drug-likeness (QED) is 0.705. The smallest absolute Gasteiger partial charge is 0.307 e. The topological polar surface area (TPSA) is 41.6 Å². The van der Waals surface area contributed by atoms with Gasteiger partial charge in [-0.25, -0.2) is 0 Å². The fourth-order valence-corrected chi connectivity index (χ4v) is 2.40. The highest BCUT2D eigenvalue weighted by atomic mass is 16.5. The van der Waals surface area contributed by atoms with E-state index >= 15 is 0 Å². The first-order valence-electron chi connectivity index (χ1n) is 7.26. The number of likely N-dealkylation sites (tertiary alicyclic amines) is 1. The van der Waals surface area contributed by atoms with E-state index in [-0.39, 0.29) is 12.0 Å². The van der Waals surface area contributed by atoms with Gasteiger partial charge in [0.2, 0.25) is 0 Å². The van der Waals surface area contributed by atoms with Crippen molar-refractivity contribution < 1.29 is 9.53 Å². The van der Waals surface area contributed by atoms with Gasteiger partial charge >= 0.3 is 5.97 Å². The summed E-state index contributed by atoms with van der Waals surface area (Å²) in [5, 5.41) is 3.43. The van der Waals surface area contributed by atoms with Gasteiger partial charge in [-0.15, -0.1) is 0 Å². The second-order valence-corrected chi connectivity index (χ2v) is 5.26. The Labute approximate surface area is 111 Å². The zero-order valence-electron chi connectivity index (χ0n) is 12.1. The van der Waals surface area contributed by atoms with Crippen molar-refractivity contribution in [2.75, 3.05) is 26.2 Å². The van der Waals surface area contributed by atoms with Gasteiger partial charge in [-0.3, -0.25) is 9.69 Å². The first kappa shape index (κ1) is 15.4. The Balaban J connectivity index is 2.16. The maximum Gasteiger partial charge on any atom is 0.307 e. The molecule has 18 heavy (non-hydrogen) atoms. The molecule has 0 aromatic carbocycles. The van der Waals surface area contributed by atoms with Crippen LogP contribution in [0.25, 0.3) is 0 Å². The highest BCUT2D eigenvalue weighted by Gasteiger charge is 2.17. The van der Waals surface area contributed by atoms with Gasteiger partial charge in [-0.05, 0) is 46.7 Å². The van der Waals surface area contributed by atoms with Gasteiger partial charge < -0.3 is 10.1 Å². The average molecular weight is 256 g/mol. The molecule has 0 saturated carbocycles. The molecule has 2 atom stereocenters. The van der Waals surface area contributed by atoms with Crippen LogP contribution in [-0.2, 0) is 9.53 Å². The van der Waals surface area contributed by atoms with Crippen LogP contribution in [0.2, 0.25) is 0 Å². The van der Waals surface area contributed by atoms with Crippen molar-refractivity contribution in [3.05, 3.63) is 0 Å². The number of nitrogens with zero attached hydrogens (tertiary/aromatic N) is 1. The number of nitrogens with one attached hydrogen (secondary N) is 1. The molecule has 0 radical (unpaired) electrons. The van der Waals surface area contributed by atoms with Gasteiger partial charge in [0.15, 0.2) is 0 Å². The normalized spacial score (nSPS) is 20.4. The number of piperidine rings is 1. The lowest BCUT2D eigenvalue weighted by molar-refractivity contribution is -0.143. The third kappa shape index (κ3) is 5.83. The Morgan fingerprint density at radius 2 is 1.94 bits per heavy atom. The van der Waals surface area contributed by atoms with Crippen molar-refractivity contribution in [3.8, 4) is 0 Å². The van der Waals surface area contributed by atoms with E-state index in [4.69, 9.17) is 4.74 Å². The van der Waals surface area contributed by atoms with E-state index in [1.807, 2.05) is 13.8 Å². The van der Waals surface area contributed by atoms with Gasteiger partial charge in [-0.1, -0.05) is 6.42 Å². The Morgan fingerprint density at radius 3 is 2.56 bits per heavy atom. The summed E-state index contributed by atoms with van der Waals surface area (Å²) >= 11 is 0. The summed E-state index contributed by atoms with van der Waals surface area (Å²) in [7, 11) is 0. The zero-order valence-corrected chi connectivity index (χ0v) is 12.1. The van der Waals surface area contributed by atoms with Crippen molar-refractivity contribution in [2.45, 2.75) is 58.5 Å². The third-order valence-electron chi connectivity index (χ3n) is 3.55. The summed E-state index contributed by atoms with van der Waals surface area (Å²) in [6.07, 6.45) is 4.47. The monoisotopic (exact) mass is 256 g/mol. The number of ether oxygens (including phenoxy) is 1. The molecule has 106 valence electrons. The number of carbonyl (C=O) groups excluding carboxylic acids is 1. The number of carbonyl (C=O) groups is 1. The maximum absolute atomic E-state index is 11.3. The lowest BCUT2D eigenvalue weighted by atomic mass is 10.1. The molecule has 4 heteroatoms. The second kappa shape index (κ2) is 8.48. The van der Waals surface area contributed by atoms with E-state index in [1.54, 1.807) is 0 Å². The average Bonchev–Trinajstić information content (AvgIpc) is 2.37. The molecular formula is C14H28N2O2. The van der Waals surface area contributed by atoms with E-state index in [2.05, 4.69) is 17.1 Å². The molecule has 1 aliphatic rings. The highest BCUT2D eigenvalue weighted by Crippen LogP contribution is 2.11. The predicted molar refractivity (Wildman–Crippen MR) is 73.6 cm³/mol. The van der Waals surface area contributed by atoms with Crippen LogP contribution in [-0.4, -0.2) is 49.2 Å². The molecule has 1 N–H and O–H groups in total. The molecule has 0 amide bonds. The zero-order chi connectivity index (χ0) is 13.4. The maximum atomic E-state index is 11.3. The minimum Gasteiger partial charge on any atom is -0.466 e. The van der Waals surface area contributed by atoms with Gasteiger partial charge in [0.1, 0.15) is 0 Å². The predicted octanol–water partition coefficient (Wildman–Crippen LogP) is 1.79. The molecule has 0 aromatic rings. The minimum atomic E-state index is -0.108. The molecule has 2 unspecified atom stereocenters. The lowest BCUT2D eigenvalue weighted by Crippen LogP contribution is -2.45. The van der Waals surface area contributed by atoms with Crippen molar-refractivity contribution in [1.82, 2.24) is 10.2 Å². The van der Waals surface area contributed by atoms with E-state index in [1.165, 1.54) is 32.4 Å². The Morgan fingerprint density at radius 1 is 1.28 bits per heavy atom. The van der Waals surface area contributed by atoms with Gasteiger partial charge in [0.25, 0.3) is 0 Å². The second-order valence-electron chi connectivity index (χ2n) is 5.26. The molecule has 1 saturated heterocycles. The summed E-state index contributed by atoms with van der Waals surface area (Å²) in [6.45, 7) is 9.99. The number of esters is 1. The van der Waals surface area contributed by atoms with E-state index < -0.39 is 0 Å². The van der Waals surface area contributed by atoms with Crippen LogP contribution >= 0.6 is 0 Å². The van der Waals surface area contributed by atoms with Crippen molar-refractivity contribution in [1.29, 1.82) is 0 Å². The summed E-state index contributed by atoms with van der Waals surface area (Å²) in [4.78, 5) is 13.9.